The van der Waals surface area contributed by atoms with Gasteiger partial charge in [-0.2, -0.15) is 0 Å². The summed E-state index contributed by atoms with van der Waals surface area (Å²) in [6, 6.07) is 4.75. The van der Waals surface area contributed by atoms with E-state index in [0.717, 1.165) is 6.54 Å². The number of likely N-dealkylation sites (N-methyl/N-ethyl adjacent to an activating group) is 1. The van der Waals surface area contributed by atoms with Crippen molar-refractivity contribution in [2.45, 2.75) is 0 Å². The summed E-state index contributed by atoms with van der Waals surface area (Å²) in [6.45, 7) is 1.41. The van der Waals surface area contributed by atoms with Crippen molar-refractivity contribution < 1.29 is 14.3 Å². The van der Waals surface area contributed by atoms with Crippen LogP contribution in [0.5, 0.6) is 5.75 Å². The lowest BCUT2D eigenvalue weighted by atomic mass is 10.1. The highest BCUT2D eigenvalue weighted by molar-refractivity contribution is 6.04. The molecule has 2 N–H and O–H groups in total. The minimum Gasteiger partial charge on any atom is -0.485 e. The first-order valence-electron chi connectivity index (χ1n) is 6.06. The van der Waals surface area contributed by atoms with Crippen molar-refractivity contribution in [1.82, 2.24) is 10.1 Å². The van der Waals surface area contributed by atoms with Gasteiger partial charge in [0.25, 0.3) is 0 Å². The number of ether oxygens (including phenoxy) is 1. The molecule has 0 aliphatic carbocycles. The standard InChI is InChI=1S/C12H16BN3O3/c1-16(13)5-4-14-12(18)15-8-2-3-11-9(6-8)10(17)7-19-11/h2-3,6H,4-5,7,13H2,1H3,(H2,14,15,18). The Morgan fingerprint density at radius 1 is 1.53 bits per heavy atom. The lowest BCUT2D eigenvalue weighted by Gasteiger charge is -2.11. The third kappa shape index (κ3) is 3.48. The number of hydrogen-bond acceptors (Lipinski definition) is 4. The summed E-state index contributed by atoms with van der Waals surface area (Å²) < 4.78 is 5.18. The maximum atomic E-state index is 11.6. The number of anilines is 1. The molecule has 0 radical (unpaired) electrons. The summed E-state index contributed by atoms with van der Waals surface area (Å²) in [5.74, 6) is 0.509. The lowest BCUT2D eigenvalue weighted by molar-refractivity contribution is 0.0961. The molecule has 2 rings (SSSR count). The molecule has 2 amide bonds. The first kappa shape index (κ1) is 13.4. The number of carbonyl (C=O) groups excluding carboxylic acids is 2. The monoisotopic (exact) mass is 261 g/mol. The zero-order valence-corrected chi connectivity index (χ0v) is 11.0. The number of ketones is 1. The van der Waals surface area contributed by atoms with Crippen LogP contribution < -0.4 is 15.4 Å². The Morgan fingerprint density at radius 3 is 3.05 bits per heavy atom. The van der Waals surface area contributed by atoms with Crippen molar-refractivity contribution in [3.63, 3.8) is 0 Å². The highest BCUT2D eigenvalue weighted by atomic mass is 16.5. The van der Waals surface area contributed by atoms with Crippen LogP contribution in [-0.2, 0) is 0 Å². The fourth-order valence-electron chi connectivity index (χ4n) is 1.74. The van der Waals surface area contributed by atoms with Crippen LogP contribution in [0.3, 0.4) is 0 Å². The summed E-state index contributed by atoms with van der Waals surface area (Å²) in [6.07, 6.45) is 0. The summed E-state index contributed by atoms with van der Waals surface area (Å²) in [4.78, 5) is 25.1. The van der Waals surface area contributed by atoms with Gasteiger partial charge in [-0.05, 0) is 25.2 Å². The molecule has 1 aliphatic heterocycles. The van der Waals surface area contributed by atoms with E-state index in [1.807, 2.05) is 19.8 Å². The largest absolute Gasteiger partial charge is 0.485 e. The van der Waals surface area contributed by atoms with Crippen LogP contribution in [-0.4, -0.2) is 51.4 Å². The van der Waals surface area contributed by atoms with Crippen LogP contribution in [0.1, 0.15) is 10.4 Å². The van der Waals surface area contributed by atoms with Gasteiger partial charge < -0.3 is 20.2 Å². The molecule has 0 saturated heterocycles. The van der Waals surface area contributed by atoms with Crippen molar-refractivity contribution in [2.24, 2.45) is 0 Å². The Kier molecular flexibility index (Phi) is 4.06. The lowest BCUT2D eigenvalue weighted by Crippen LogP contribution is -2.34. The van der Waals surface area contributed by atoms with Gasteiger partial charge in [0, 0.05) is 18.8 Å². The number of amides is 2. The second-order valence-corrected chi connectivity index (χ2v) is 4.61. The quantitative estimate of drug-likeness (QED) is 0.740. The number of Topliss-reactive ketones (excluding diaryl/α,β-unsaturated/α-hetero) is 1. The molecular formula is C12H16BN3O3. The van der Waals surface area contributed by atoms with Crippen LogP contribution in [0.25, 0.3) is 0 Å². The van der Waals surface area contributed by atoms with Crippen molar-refractivity contribution in [2.75, 3.05) is 32.1 Å². The minimum atomic E-state index is -0.284. The number of carbonyl (C=O) groups is 2. The Bertz CT molecular complexity index is 505. The maximum absolute atomic E-state index is 11.6. The van der Waals surface area contributed by atoms with Gasteiger partial charge in [0.1, 0.15) is 5.75 Å². The molecule has 19 heavy (non-hydrogen) atoms. The van der Waals surface area contributed by atoms with E-state index in [2.05, 4.69) is 10.6 Å². The number of rotatable bonds is 4. The van der Waals surface area contributed by atoms with Gasteiger partial charge in [-0.25, -0.2) is 4.79 Å². The molecule has 1 aromatic carbocycles. The molecule has 1 heterocycles. The van der Waals surface area contributed by atoms with Gasteiger partial charge in [0.15, 0.2) is 14.6 Å². The Balaban J connectivity index is 1.91. The van der Waals surface area contributed by atoms with Crippen LogP contribution in [0.15, 0.2) is 18.2 Å². The number of fused-ring (bicyclic) bond motifs is 1. The van der Waals surface area contributed by atoms with Gasteiger partial charge in [0.2, 0.25) is 5.78 Å². The molecule has 7 heteroatoms. The predicted octanol–water partition coefficient (Wildman–Crippen LogP) is -0.137. The van der Waals surface area contributed by atoms with Crippen molar-refractivity contribution in [3.05, 3.63) is 23.8 Å². The third-order valence-corrected chi connectivity index (χ3v) is 2.74. The molecule has 0 atom stereocenters. The van der Waals surface area contributed by atoms with E-state index in [-0.39, 0.29) is 18.4 Å². The van der Waals surface area contributed by atoms with Gasteiger partial charge in [-0.15, -0.1) is 0 Å². The summed E-state index contributed by atoms with van der Waals surface area (Å²) in [5.41, 5.74) is 1.10. The normalized spacial score (nSPS) is 13.1. The second-order valence-electron chi connectivity index (χ2n) is 4.61. The smallest absolute Gasteiger partial charge is 0.319 e. The van der Waals surface area contributed by atoms with E-state index in [9.17, 15) is 9.59 Å². The average molecular weight is 261 g/mol. The Morgan fingerprint density at radius 2 is 2.32 bits per heavy atom. The first-order valence-corrected chi connectivity index (χ1v) is 6.06. The molecule has 1 aromatic rings. The SMILES string of the molecule is BN(C)CCNC(=O)Nc1ccc2c(c1)C(=O)CO2. The second kappa shape index (κ2) is 5.75. The number of hydrogen-bond donors (Lipinski definition) is 2. The van der Waals surface area contributed by atoms with Crippen LogP contribution >= 0.6 is 0 Å². The predicted molar refractivity (Wildman–Crippen MR) is 74.5 cm³/mol. The molecule has 0 aromatic heterocycles. The van der Waals surface area contributed by atoms with E-state index >= 15 is 0 Å². The molecular weight excluding hydrogens is 245 g/mol. The Labute approximate surface area is 112 Å². The minimum absolute atomic E-state index is 0.0633. The first-order chi connectivity index (χ1) is 9.06. The van der Waals surface area contributed by atoms with Crippen molar-refractivity contribution in [3.8, 4) is 5.75 Å². The average Bonchev–Trinajstić information content (AvgIpc) is 2.70. The van der Waals surface area contributed by atoms with Crippen molar-refractivity contribution in [1.29, 1.82) is 0 Å². The number of nitrogens with zero attached hydrogens (tertiary/aromatic N) is 1. The molecule has 1 aliphatic rings. The topological polar surface area (TPSA) is 70.7 Å². The van der Waals surface area contributed by atoms with Gasteiger partial charge >= 0.3 is 6.03 Å². The van der Waals surface area contributed by atoms with Crippen molar-refractivity contribution >= 4 is 25.5 Å². The molecule has 6 nitrogen and oxygen atoms in total. The van der Waals surface area contributed by atoms with E-state index in [1.54, 1.807) is 18.2 Å². The molecule has 0 saturated carbocycles. The highest BCUT2D eigenvalue weighted by Crippen LogP contribution is 2.27. The van der Waals surface area contributed by atoms with Crippen LogP contribution in [0.4, 0.5) is 10.5 Å². The van der Waals surface area contributed by atoms with E-state index in [4.69, 9.17) is 4.74 Å². The highest BCUT2D eigenvalue weighted by Gasteiger charge is 2.21. The van der Waals surface area contributed by atoms with Crippen LogP contribution in [0.2, 0.25) is 0 Å². The maximum Gasteiger partial charge on any atom is 0.319 e. The van der Waals surface area contributed by atoms with E-state index in [1.165, 1.54) is 0 Å². The summed E-state index contributed by atoms with van der Waals surface area (Å²) >= 11 is 0. The van der Waals surface area contributed by atoms with Crippen LogP contribution in [0, 0.1) is 0 Å². The summed E-state index contributed by atoms with van der Waals surface area (Å²) in [5, 5.41) is 5.42. The number of benzene rings is 1. The fourth-order valence-corrected chi connectivity index (χ4v) is 1.74. The molecule has 0 spiro atoms. The van der Waals surface area contributed by atoms with Gasteiger partial charge in [0.05, 0.1) is 5.56 Å². The van der Waals surface area contributed by atoms with E-state index < -0.39 is 0 Å². The number of nitrogens with one attached hydrogen (secondary N) is 2. The fraction of sp³-hybridized carbons (Fsp3) is 0.333. The molecule has 0 bridgehead atoms. The van der Waals surface area contributed by atoms with Gasteiger partial charge in [-0.1, -0.05) is 0 Å². The third-order valence-electron chi connectivity index (χ3n) is 2.74. The molecule has 100 valence electrons. The van der Waals surface area contributed by atoms with E-state index in [0.29, 0.717) is 23.5 Å². The Hall–Kier alpha value is -2.02. The van der Waals surface area contributed by atoms with Gasteiger partial charge in [-0.3, -0.25) is 4.79 Å². The molecule has 0 unspecified atom stereocenters. The summed E-state index contributed by atoms with van der Waals surface area (Å²) in [7, 11) is 3.87. The molecule has 0 fully saturated rings. The zero-order valence-electron chi connectivity index (χ0n) is 11.0. The number of urea groups is 1. The zero-order chi connectivity index (χ0) is 13.8.